The minimum absolute atomic E-state index is 0.0723. The van der Waals surface area contributed by atoms with Crippen LogP contribution in [0.2, 0.25) is 0 Å². The molecule has 0 radical (unpaired) electrons. The van der Waals surface area contributed by atoms with Crippen LogP contribution in [-0.2, 0) is 17.6 Å². The molecule has 0 bridgehead atoms. The summed E-state index contributed by atoms with van der Waals surface area (Å²) in [6.07, 6.45) is 2.36. The van der Waals surface area contributed by atoms with E-state index in [0.29, 0.717) is 17.6 Å². The number of ether oxygens (including phenoxy) is 2. The van der Waals surface area contributed by atoms with Gasteiger partial charge in [-0.05, 0) is 63.1 Å². The Balaban J connectivity index is 1.11. The Morgan fingerprint density at radius 1 is 1.23 bits per heavy atom. The lowest BCUT2D eigenvalue weighted by Gasteiger charge is -2.30. The highest BCUT2D eigenvalue weighted by atomic mass is 32.1. The number of nitrogens with zero attached hydrogens (tertiary/aromatic N) is 3. The molecule has 1 amide bonds. The van der Waals surface area contributed by atoms with E-state index in [4.69, 9.17) is 14.0 Å². The second kappa shape index (κ2) is 11.6. The zero-order chi connectivity index (χ0) is 24.8. The van der Waals surface area contributed by atoms with Crippen molar-refractivity contribution >= 4 is 17.2 Å². The van der Waals surface area contributed by atoms with Crippen LogP contribution in [0, 0.1) is 12.8 Å². The molecule has 0 saturated heterocycles. The SMILES string of the molecule is Cc1cc(OCC(=O)N[C@H]2CC[C@H](CCN3CCc4nc(OCC(F)(F)F)sc4CC3)CC2)no1. The van der Waals surface area contributed by atoms with Crippen LogP contribution in [0.3, 0.4) is 0 Å². The van der Waals surface area contributed by atoms with Gasteiger partial charge in [0.25, 0.3) is 17.0 Å². The van der Waals surface area contributed by atoms with E-state index in [0.717, 1.165) is 75.2 Å². The maximum Gasteiger partial charge on any atom is 0.422 e. The summed E-state index contributed by atoms with van der Waals surface area (Å²) in [5.74, 6) is 1.44. The van der Waals surface area contributed by atoms with Gasteiger partial charge in [-0.15, -0.1) is 0 Å². The molecule has 194 valence electrons. The number of hydrogen-bond donors (Lipinski definition) is 1. The van der Waals surface area contributed by atoms with Crippen LogP contribution in [0.4, 0.5) is 13.2 Å². The van der Waals surface area contributed by atoms with E-state index < -0.39 is 12.8 Å². The molecule has 2 aliphatic rings. The molecule has 1 fully saturated rings. The van der Waals surface area contributed by atoms with Crippen molar-refractivity contribution in [3.05, 3.63) is 22.4 Å². The van der Waals surface area contributed by atoms with Gasteiger partial charge in [-0.2, -0.15) is 13.2 Å². The summed E-state index contributed by atoms with van der Waals surface area (Å²) in [5, 5.41) is 6.87. The van der Waals surface area contributed by atoms with E-state index >= 15 is 0 Å². The summed E-state index contributed by atoms with van der Waals surface area (Å²) in [6.45, 7) is 3.12. The van der Waals surface area contributed by atoms with Gasteiger partial charge in [0.15, 0.2) is 13.2 Å². The molecule has 0 atom stereocenters. The molecule has 4 rings (SSSR count). The van der Waals surface area contributed by atoms with Crippen molar-refractivity contribution in [2.45, 2.75) is 64.1 Å². The molecule has 1 aliphatic carbocycles. The van der Waals surface area contributed by atoms with Crippen molar-refractivity contribution in [3.8, 4) is 11.1 Å². The molecule has 1 aliphatic heterocycles. The number of carbonyl (C=O) groups is 1. The fraction of sp³-hybridized carbons (Fsp3) is 0.696. The Morgan fingerprint density at radius 2 is 2.00 bits per heavy atom. The van der Waals surface area contributed by atoms with Gasteiger partial charge in [0.05, 0.1) is 5.69 Å². The van der Waals surface area contributed by atoms with Gasteiger partial charge < -0.3 is 24.2 Å². The van der Waals surface area contributed by atoms with Gasteiger partial charge in [-0.3, -0.25) is 4.79 Å². The van der Waals surface area contributed by atoms with E-state index in [1.807, 2.05) is 0 Å². The molecule has 2 aromatic rings. The standard InChI is InChI=1S/C23H31F3N4O4S/c1-15-12-21(29-34-15)32-13-20(31)27-17-4-2-16(3-5-17)6-9-30-10-7-18-19(8-11-30)35-22(28-18)33-14-23(24,25)26/h12,16-17H,2-11,13-14H2,1H3,(H,27,31)/t16-,17-. The molecule has 1 saturated carbocycles. The van der Waals surface area contributed by atoms with Crippen LogP contribution in [-0.4, -0.2) is 66.0 Å². The summed E-state index contributed by atoms with van der Waals surface area (Å²) >= 11 is 1.23. The fourth-order valence-corrected chi connectivity index (χ4v) is 5.54. The molecular formula is C23H31F3N4O4S. The third-order valence-electron chi connectivity index (χ3n) is 6.46. The van der Waals surface area contributed by atoms with Crippen molar-refractivity contribution < 1.29 is 32.0 Å². The van der Waals surface area contributed by atoms with E-state index in [2.05, 4.69) is 20.4 Å². The van der Waals surface area contributed by atoms with Crippen LogP contribution in [0.5, 0.6) is 11.1 Å². The number of aryl methyl sites for hydroxylation is 1. The third kappa shape index (κ3) is 8.09. The van der Waals surface area contributed by atoms with E-state index in [1.54, 1.807) is 13.0 Å². The number of thiazole rings is 1. The Hall–Kier alpha value is -2.34. The zero-order valence-corrected chi connectivity index (χ0v) is 20.6. The quantitative estimate of drug-likeness (QED) is 0.540. The highest BCUT2D eigenvalue weighted by molar-refractivity contribution is 7.13. The second-order valence-corrected chi connectivity index (χ2v) is 10.3. The Bertz CT molecular complexity index is 947. The molecule has 1 N–H and O–H groups in total. The molecular weight excluding hydrogens is 485 g/mol. The molecule has 0 aromatic carbocycles. The number of nitrogens with one attached hydrogen (secondary N) is 1. The minimum atomic E-state index is -4.35. The molecule has 8 nitrogen and oxygen atoms in total. The number of amides is 1. The minimum Gasteiger partial charge on any atom is -0.465 e. The third-order valence-corrected chi connectivity index (χ3v) is 7.53. The number of rotatable bonds is 9. The van der Waals surface area contributed by atoms with Crippen LogP contribution in [0.1, 0.15) is 48.4 Å². The number of hydrogen-bond acceptors (Lipinski definition) is 8. The van der Waals surface area contributed by atoms with Gasteiger partial charge in [0, 0.05) is 36.5 Å². The average Bonchev–Trinajstić information content (AvgIpc) is 3.36. The number of aromatic nitrogens is 2. The lowest BCUT2D eigenvalue weighted by Crippen LogP contribution is -2.40. The highest BCUT2D eigenvalue weighted by Gasteiger charge is 2.30. The van der Waals surface area contributed by atoms with E-state index in [-0.39, 0.29) is 23.7 Å². The van der Waals surface area contributed by atoms with E-state index in [1.165, 1.54) is 11.3 Å². The molecule has 3 heterocycles. The van der Waals surface area contributed by atoms with Gasteiger partial charge in [0.1, 0.15) is 5.76 Å². The topological polar surface area (TPSA) is 89.7 Å². The Morgan fingerprint density at radius 3 is 2.71 bits per heavy atom. The van der Waals surface area contributed by atoms with Gasteiger partial charge >= 0.3 is 6.18 Å². The van der Waals surface area contributed by atoms with Crippen LogP contribution in [0.15, 0.2) is 10.6 Å². The van der Waals surface area contributed by atoms with Crippen LogP contribution >= 0.6 is 11.3 Å². The lowest BCUT2D eigenvalue weighted by atomic mass is 9.84. The largest absolute Gasteiger partial charge is 0.465 e. The summed E-state index contributed by atoms with van der Waals surface area (Å²) in [7, 11) is 0. The first-order chi connectivity index (χ1) is 16.7. The predicted octanol–water partition coefficient (Wildman–Crippen LogP) is 3.93. The van der Waals surface area contributed by atoms with Crippen LogP contribution in [0.25, 0.3) is 0 Å². The molecule has 0 unspecified atom stereocenters. The first-order valence-electron chi connectivity index (χ1n) is 12.0. The average molecular weight is 517 g/mol. The maximum atomic E-state index is 12.4. The highest BCUT2D eigenvalue weighted by Crippen LogP contribution is 2.31. The summed E-state index contributed by atoms with van der Waals surface area (Å²) < 4.78 is 52.2. The van der Waals surface area contributed by atoms with Gasteiger partial charge in [-0.25, -0.2) is 4.98 Å². The second-order valence-electron chi connectivity index (χ2n) is 9.23. The van der Waals surface area contributed by atoms with Crippen molar-refractivity contribution in [2.24, 2.45) is 5.92 Å². The fourth-order valence-electron chi connectivity index (χ4n) is 4.60. The van der Waals surface area contributed by atoms with Gasteiger partial charge in [-0.1, -0.05) is 11.3 Å². The number of fused-ring (bicyclic) bond motifs is 1. The van der Waals surface area contributed by atoms with E-state index in [9.17, 15) is 18.0 Å². The smallest absolute Gasteiger partial charge is 0.422 e. The maximum absolute atomic E-state index is 12.4. The summed E-state index contributed by atoms with van der Waals surface area (Å²) in [6, 6.07) is 1.82. The predicted molar refractivity (Wildman–Crippen MR) is 123 cm³/mol. The molecule has 35 heavy (non-hydrogen) atoms. The zero-order valence-electron chi connectivity index (χ0n) is 19.7. The molecule has 12 heteroatoms. The first kappa shape index (κ1) is 25.7. The lowest BCUT2D eigenvalue weighted by molar-refractivity contribution is -0.153. The van der Waals surface area contributed by atoms with Gasteiger partial charge in [0.2, 0.25) is 0 Å². The van der Waals surface area contributed by atoms with Crippen LogP contribution < -0.4 is 14.8 Å². The number of carbonyl (C=O) groups excluding carboxylic acids is 1. The molecule has 0 spiro atoms. The number of alkyl halides is 3. The first-order valence-corrected chi connectivity index (χ1v) is 12.8. The van der Waals surface area contributed by atoms with Crippen molar-refractivity contribution in [1.29, 1.82) is 0 Å². The normalized spacial score (nSPS) is 21.3. The van der Waals surface area contributed by atoms with Crippen molar-refractivity contribution in [3.63, 3.8) is 0 Å². The summed E-state index contributed by atoms with van der Waals surface area (Å²) in [4.78, 5) is 19.9. The Labute approximate surface area is 206 Å². The Kier molecular flexibility index (Phi) is 8.53. The number of halogens is 3. The monoisotopic (exact) mass is 516 g/mol. The molecule has 2 aromatic heterocycles. The van der Waals surface area contributed by atoms with Crippen molar-refractivity contribution in [2.75, 3.05) is 32.8 Å². The van der Waals surface area contributed by atoms with Crippen molar-refractivity contribution in [1.82, 2.24) is 20.4 Å². The summed E-state index contributed by atoms with van der Waals surface area (Å²) in [5.41, 5.74) is 0.869.